The van der Waals surface area contributed by atoms with Crippen LogP contribution in [0.15, 0.2) is 29.8 Å². The molecule has 0 saturated heterocycles. The number of alkyl halides is 3. The molecule has 3 heterocycles. The second-order valence-electron chi connectivity index (χ2n) is 9.70. The number of fused-ring (bicyclic) bond motifs is 1. The number of nitrogens with zero attached hydrogens (tertiary/aromatic N) is 4. The smallest absolute Gasteiger partial charge is 0.434 e. The van der Waals surface area contributed by atoms with Gasteiger partial charge in [0.1, 0.15) is 22.9 Å². The fourth-order valence-corrected chi connectivity index (χ4v) is 5.69. The molecule has 5 rings (SSSR count). The Hall–Kier alpha value is -3.74. The van der Waals surface area contributed by atoms with Crippen LogP contribution in [-0.2, 0) is 24.0 Å². The number of benzene rings is 1. The minimum atomic E-state index is -4.96. The number of aryl methyl sites for hydroxylation is 1. The van der Waals surface area contributed by atoms with E-state index in [4.69, 9.17) is 4.74 Å². The fourth-order valence-electron chi connectivity index (χ4n) is 5.01. The van der Waals surface area contributed by atoms with E-state index in [0.717, 1.165) is 28.9 Å². The molecule has 1 aromatic carbocycles. The Morgan fingerprint density at radius 1 is 1.21 bits per heavy atom. The summed E-state index contributed by atoms with van der Waals surface area (Å²) in [7, 11) is 0. The maximum absolute atomic E-state index is 14.1. The largest absolute Gasteiger partial charge is 0.486 e. The number of aliphatic carboxylic acids is 1. The molecule has 1 aliphatic carbocycles. The highest BCUT2D eigenvalue weighted by Crippen LogP contribution is 2.38. The van der Waals surface area contributed by atoms with Gasteiger partial charge in [0, 0.05) is 29.5 Å². The van der Waals surface area contributed by atoms with E-state index in [-0.39, 0.29) is 18.8 Å². The molecule has 206 valence electrons. The first-order valence-electron chi connectivity index (χ1n) is 12.5. The van der Waals surface area contributed by atoms with Gasteiger partial charge in [0.25, 0.3) is 5.91 Å². The molecule has 0 unspecified atom stereocenters. The van der Waals surface area contributed by atoms with Gasteiger partial charge in [-0.25, -0.2) is 19.7 Å². The number of anilines is 2. The van der Waals surface area contributed by atoms with Crippen LogP contribution in [0, 0.1) is 6.92 Å². The molecular weight excluding hydrogens is 535 g/mol. The van der Waals surface area contributed by atoms with Crippen LogP contribution in [0.4, 0.5) is 24.8 Å². The van der Waals surface area contributed by atoms with E-state index in [0.29, 0.717) is 43.9 Å². The van der Waals surface area contributed by atoms with E-state index in [9.17, 15) is 27.9 Å². The number of carbonyl (C=O) groups is 2. The summed E-state index contributed by atoms with van der Waals surface area (Å²) in [5.41, 5.74) is -1.40. The van der Waals surface area contributed by atoms with Crippen molar-refractivity contribution in [1.29, 1.82) is 0 Å². The highest BCUT2D eigenvalue weighted by molar-refractivity contribution is 7.09. The Morgan fingerprint density at radius 2 is 1.97 bits per heavy atom. The Morgan fingerprint density at radius 3 is 2.64 bits per heavy atom. The predicted octanol–water partition coefficient (Wildman–Crippen LogP) is 5.05. The minimum Gasteiger partial charge on any atom is -0.486 e. The number of carboxylic acid groups (broad SMARTS) is 1. The quantitative estimate of drug-likeness (QED) is 0.412. The molecule has 1 saturated carbocycles. The molecule has 0 bridgehead atoms. The average Bonchev–Trinajstić information content (AvgIpc) is 3.52. The maximum atomic E-state index is 14.1. The van der Waals surface area contributed by atoms with Gasteiger partial charge in [-0.3, -0.25) is 4.79 Å². The molecule has 1 fully saturated rings. The number of rotatable bonds is 7. The highest BCUT2D eigenvalue weighted by Gasteiger charge is 2.44. The van der Waals surface area contributed by atoms with E-state index in [1.165, 1.54) is 11.3 Å². The maximum Gasteiger partial charge on any atom is 0.434 e. The van der Waals surface area contributed by atoms with Crippen LogP contribution in [0.2, 0.25) is 0 Å². The summed E-state index contributed by atoms with van der Waals surface area (Å²) in [6, 6.07) is 5.29. The Bertz CT molecular complexity index is 1400. The van der Waals surface area contributed by atoms with Gasteiger partial charge < -0.3 is 20.1 Å². The lowest BCUT2D eigenvalue weighted by molar-refractivity contribution is -0.145. The topological polar surface area (TPSA) is 118 Å². The van der Waals surface area contributed by atoms with Crippen LogP contribution in [0.5, 0.6) is 5.75 Å². The van der Waals surface area contributed by atoms with Crippen molar-refractivity contribution in [2.75, 3.05) is 11.4 Å². The van der Waals surface area contributed by atoms with Crippen molar-refractivity contribution >= 4 is 34.8 Å². The van der Waals surface area contributed by atoms with E-state index in [1.807, 2.05) is 18.4 Å². The molecule has 2 N–H and O–H groups in total. The number of ether oxygens (including phenoxy) is 1. The SMILES string of the molecule is Cc1csc(COc2ccc3c(c2)CCN3c2ncc(C(=O)NC3(C(=O)O)CCCCC3)c(C(F)(F)F)n2)n1. The summed E-state index contributed by atoms with van der Waals surface area (Å²) < 4.78 is 48.0. The number of nitrogens with one attached hydrogen (secondary N) is 1. The number of hydrogen-bond donors (Lipinski definition) is 2. The molecule has 3 aromatic rings. The lowest BCUT2D eigenvalue weighted by atomic mass is 9.81. The lowest BCUT2D eigenvalue weighted by Crippen LogP contribution is -2.55. The third kappa shape index (κ3) is 5.54. The Balaban J connectivity index is 1.38. The van der Waals surface area contributed by atoms with E-state index in [1.54, 1.807) is 17.0 Å². The van der Waals surface area contributed by atoms with E-state index < -0.39 is 34.8 Å². The standard InChI is InChI=1S/C26H26F3N5O4S/c1-15-14-39-20(31-15)13-38-17-5-6-19-16(11-17)7-10-34(19)24-30-12-18(21(32-24)26(27,28)29)22(35)33-25(23(36)37)8-3-2-4-9-25/h5-6,11-12,14H,2-4,7-10,13H2,1H3,(H,33,35)(H,36,37). The first-order chi connectivity index (χ1) is 18.6. The molecule has 1 aliphatic heterocycles. The molecule has 2 aliphatic rings. The van der Waals surface area contributed by atoms with Crippen LogP contribution < -0.4 is 15.0 Å². The van der Waals surface area contributed by atoms with Crippen LogP contribution >= 0.6 is 11.3 Å². The molecule has 9 nitrogen and oxygen atoms in total. The molecule has 39 heavy (non-hydrogen) atoms. The Labute approximate surface area is 226 Å². The minimum absolute atomic E-state index is 0.147. The van der Waals surface area contributed by atoms with Crippen molar-refractivity contribution < 1.29 is 32.6 Å². The van der Waals surface area contributed by atoms with Gasteiger partial charge in [-0.05, 0) is 49.9 Å². The van der Waals surface area contributed by atoms with Crippen molar-refractivity contribution in [3.63, 3.8) is 0 Å². The fraction of sp³-hybridized carbons (Fsp3) is 0.423. The van der Waals surface area contributed by atoms with E-state index >= 15 is 0 Å². The van der Waals surface area contributed by atoms with Crippen molar-refractivity contribution in [2.45, 2.75) is 63.8 Å². The van der Waals surface area contributed by atoms with Gasteiger partial charge in [0.2, 0.25) is 5.95 Å². The zero-order valence-electron chi connectivity index (χ0n) is 21.0. The van der Waals surface area contributed by atoms with Gasteiger partial charge in [0.05, 0.1) is 5.56 Å². The van der Waals surface area contributed by atoms with Crippen LogP contribution in [0.1, 0.15) is 64.4 Å². The molecule has 0 atom stereocenters. The molecule has 2 aromatic heterocycles. The number of amides is 1. The number of aromatic nitrogens is 3. The summed E-state index contributed by atoms with van der Waals surface area (Å²) in [6.07, 6.45) is -1.39. The molecule has 1 amide bonds. The number of carboxylic acids is 1. The van der Waals surface area contributed by atoms with Crippen molar-refractivity contribution in [3.8, 4) is 5.75 Å². The van der Waals surface area contributed by atoms with Crippen molar-refractivity contribution in [1.82, 2.24) is 20.3 Å². The van der Waals surface area contributed by atoms with Gasteiger partial charge in [-0.15, -0.1) is 11.3 Å². The van der Waals surface area contributed by atoms with E-state index in [2.05, 4.69) is 20.3 Å². The second kappa shape index (κ2) is 10.4. The summed E-state index contributed by atoms with van der Waals surface area (Å²) >= 11 is 1.50. The second-order valence-corrected chi connectivity index (χ2v) is 10.6. The Kier molecular flexibility index (Phi) is 7.19. The zero-order chi connectivity index (χ0) is 27.8. The summed E-state index contributed by atoms with van der Waals surface area (Å²) in [5.74, 6) is -2.00. The summed E-state index contributed by atoms with van der Waals surface area (Å²) in [5, 5.41) is 14.8. The van der Waals surface area contributed by atoms with Gasteiger partial charge in [-0.2, -0.15) is 13.2 Å². The predicted molar refractivity (Wildman–Crippen MR) is 136 cm³/mol. The zero-order valence-corrected chi connectivity index (χ0v) is 21.9. The molecule has 0 radical (unpaired) electrons. The van der Waals surface area contributed by atoms with Crippen molar-refractivity contribution in [2.24, 2.45) is 0 Å². The lowest BCUT2D eigenvalue weighted by Gasteiger charge is -2.34. The number of carbonyl (C=O) groups excluding carboxylic acids is 1. The third-order valence-electron chi connectivity index (χ3n) is 6.98. The van der Waals surface area contributed by atoms with Gasteiger partial charge in [0.15, 0.2) is 5.69 Å². The number of thiazole rings is 1. The first kappa shape index (κ1) is 26.9. The van der Waals surface area contributed by atoms with Crippen LogP contribution in [0.3, 0.4) is 0 Å². The third-order valence-corrected chi connectivity index (χ3v) is 7.92. The molecule has 0 spiro atoms. The van der Waals surface area contributed by atoms with Crippen LogP contribution in [-0.4, -0.2) is 44.0 Å². The average molecular weight is 562 g/mol. The van der Waals surface area contributed by atoms with Crippen molar-refractivity contribution in [3.05, 3.63) is 57.3 Å². The molecule has 13 heteroatoms. The summed E-state index contributed by atoms with van der Waals surface area (Å²) in [6.45, 7) is 2.56. The molecular formula is C26H26F3N5O4S. The number of halogens is 3. The number of hydrogen-bond acceptors (Lipinski definition) is 8. The van der Waals surface area contributed by atoms with Gasteiger partial charge >= 0.3 is 12.1 Å². The monoisotopic (exact) mass is 561 g/mol. The summed E-state index contributed by atoms with van der Waals surface area (Å²) in [4.78, 5) is 38.6. The normalized spacial score (nSPS) is 16.6. The van der Waals surface area contributed by atoms with Crippen LogP contribution in [0.25, 0.3) is 0 Å². The highest BCUT2D eigenvalue weighted by atomic mass is 32.1. The first-order valence-corrected chi connectivity index (χ1v) is 13.4. The van der Waals surface area contributed by atoms with Gasteiger partial charge in [-0.1, -0.05) is 19.3 Å².